The second-order valence-corrected chi connectivity index (χ2v) is 7.78. The maximum absolute atomic E-state index is 9.65. The van der Waals surface area contributed by atoms with Crippen LogP contribution in [-0.2, 0) is 12.8 Å². The van der Waals surface area contributed by atoms with Crippen LogP contribution in [0.3, 0.4) is 0 Å². The molecule has 2 heterocycles. The second kappa shape index (κ2) is 7.94. The van der Waals surface area contributed by atoms with Crippen molar-refractivity contribution in [3.05, 3.63) is 16.8 Å². The van der Waals surface area contributed by atoms with E-state index >= 15 is 0 Å². The van der Waals surface area contributed by atoms with E-state index in [-0.39, 0.29) is 0 Å². The number of aromatic nitrogens is 2. The standard InChI is InChI=1S/C19H31N5/c1-6-15-16(14-20)18(22-21-17(15)7-2)24-12-10-23(11-13-24)9-8-19(3,4)5/h6-13H2,1-5H3. The Morgan fingerprint density at radius 1 is 1.04 bits per heavy atom. The number of nitrogens with zero attached hydrogens (tertiary/aromatic N) is 5. The molecule has 0 amide bonds. The third-order valence-corrected chi connectivity index (χ3v) is 4.79. The van der Waals surface area contributed by atoms with Crippen LogP contribution in [-0.4, -0.2) is 47.8 Å². The zero-order valence-electron chi connectivity index (χ0n) is 15.9. The van der Waals surface area contributed by atoms with Gasteiger partial charge in [-0.05, 0) is 36.8 Å². The van der Waals surface area contributed by atoms with Gasteiger partial charge < -0.3 is 4.90 Å². The molecule has 1 fully saturated rings. The lowest BCUT2D eigenvalue weighted by molar-refractivity contribution is 0.217. The summed E-state index contributed by atoms with van der Waals surface area (Å²) >= 11 is 0. The normalized spacial score (nSPS) is 16.2. The molecule has 2 rings (SSSR count). The van der Waals surface area contributed by atoms with E-state index in [1.54, 1.807) is 0 Å². The van der Waals surface area contributed by atoms with Gasteiger partial charge >= 0.3 is 0 Å². The Bertz CT molecular complexity index is 589. The molecule has 0 N–H and O–H groups in total. The summed E-state index contributed by atoms with van der Waals surface area (Å²) in [4.78, 5) is 4.75. The van der Waals surface area contributed by atoms with E-state index in [0.717, 1.165) is 68.2 Å². The molecule has 5 nitrogen and oxygen atoms in total. The molecule has 1 aromatic rings. The third kappa shape index (κ3) is 4.45. The first-order valence-corrected chi connectivity index (χ1v) is 9.15. The molecule has 0 bridgehead atoms. The Hall–Kier alpha value is -1.67. The van der Waals surface area contributed by atoms with Crippen molar-refractivity contribution in [1.29, 1.82) is 5.26 Å². The van der Waals surface area contributed by atoms with Crippen LogP contribution in [0.15, 0.2) is 0 Å². The van der Waals surface area contributed by atoms with Crippen molar-refractivity contribution in [2.45, 2.75) is 53.9 Å². The van der Waals surface area contributed by atoms with Gasteiger partial charge in [-0.2, -0.15) is 10.4 Å². The van der Waals surface area contributed by atoms with Gasteiger partial charge in [0.2, 0.25) is 0 Å². The first kappa shape index (κ1) is 18.7. The number of rotatable bonds is 5. The molecule has 1 aliphatic heterocycles. The molecule has 0 atom stereocenters. The molecule has 0 spiro atoms. The summed E-state index contributed by atoms with van der Waals surface area (Å²) in [6.45, 7) is 16.1. The minimum absolute atomic E-state index is 0.378. The van der Waals surface area contributed by atoms with Gasteiger partial charge in [-0.3, -0.25) is 4.90 Å². The fraction of sp³-hybridized carbons (Fsp3) is 0.737. The van der Waals surface area contributed by atoms with Crippen LogP contribution in [0.5, 0.6) is 0 Å². The second-order valence-electron chi connectivity index (χ2n) is 7.78. The Morgan fingerprint density at radius 3 is 2.21 bits per heavy atom. The van der Waals surface area contributed by atoms with Gasteiger partial charge in [0.15, 0.2) is 5.82 Å². The van der Waals surface area contributed by atoms with Crippen LogP contribution in [0.1, 0.15) is 57.9 Å². The highest BCUT2D eigenvalue weighted by molar-refractivity contribution is 5.58. The van der Waals surface area contributed by atoms with Crippen LogP contribution in [0.2, 0.25) is 0 Å². The average molecular weight is 329 g/mol. The monoisotopic (exact) mass is 329 g/mol. The Labute approximate surface area is 146 Å². The number of aryl methyl sites for hydroxylation is 1. The van der Waals surface area contributed by atoms with Crippen molar-refractivity contribution < 1.29 is 0 Å². The van der Waals surface area contributed by atoms with Crippen LogP contribution < -0.4 is 4.90 Å². The molecule has 0 aliphatic carbocycles. The number of hydrogen-bond acceptors (Lipinski definition) is 5. The molecule has 0 aromatic carbocycles. The summed E-state index contributed by atoms with van der Waals surface area (Å²) in [6.07, 6.45) is 2.87. The minimum Gasteiger partial charge on any atom is -0.351 e. The molecule has 1 aliphatic rings. The average Bonchev–Trinajstić information content (AvgIpc) is 2.58. The van der Waals surface area contributed by atoms with Crippen molar-refractivity contribution in [3.8, 4) is 6.07 Å². The molecule has 1 saturated heterocycles. The van der Waals surface area contributed by atoms with Crippen LogP contribution >= 0.6 is 0 Å². The predicted molar refractivity (Wildman–Crippen MR) is 98.2 cm³/mol. The van der Waals surface area contributed by atoms with Gasteiger partial charge in [0.05, 0.1) is 5.69 Å². The summed E-state index contributed by atoms with van der Waals surface area (Å²) in [5, 5.41) is 18.4. The zero-order valence-corrected chi connectivity index (χ0v) is 15.9. The van der Waals surface area contributed by atoms with E-state index in [1.165, 1.54) is 6.42 Å². The topological polar surface area (TPSA) is 56.1 Å². The van der Waals surface area contributed by atoms with Gasteiger partial charge in [-0.1, -0.05) is 34.6 Å². The summed E-state index contributed by atoms with van der Waals surface area (Å²) in [7, 11) is 0. The zero-order chi connectivity index (χ0) is 17.7. The van der Waals surface area contributed by atoms with Crippen LogP contribution in [0, 0.1) is 16.7 Å². The van der Waals surface area contributed by atoms with E-state index in [0.29, 0.717) is 5.41 Å². The third-order valence-electron chi connectivity index (χ3n) is 4.79. The molecular weight excluding hydrogens is 298 g/mol. The van der Waals surface area contributed by atoms with Gasteiger partial charge in [0, 0.05) is 26.2 Å². The van der Waals surface area contributed by atoms with E-state index in [1.807, 2.05) is 0 Å². The summed E-state index contributed by atoms with van der Waals surface area (Å²) in [5.41, 5.74) is 3.14. The summed E-state index contributed by atoms with van der Waals surface area (Å²) in [6, 6.07) is 2.39. The van der Waals surface area contributed by atoms with Gasteiger partial charge in [0.1, 0.15) is 11.6 Å². The fourth-order valence-electron chi connectivity index (χ4n) is 3.18. The van der Waals surface area contributed by atoms with Crippen molar-refractivity contribution in [3.63, 3.8) is 0 Å². The molecule has 0 saturated carbocycles. The molecule has 24 heavy (non-hydrogen) atoms. The highest BCUT2D eigenvalue weighted by atomic mass is 15.3. The van der Waals surface area contributed by atoms with Gasteiger partial charge in [-0.25, -0.2) is 0 Å². The Balaban J connectivity index is 2.08. The van der Waals surface area contributed by atoms with Crippen molar-refractivity contribution >= 4 is 5.82 Å². The largest absolute Gasteiger partial charge is 0.351 e. The maximum Gasteiger partial charge on any atom is 0.169 e. The van der Waals surface area contributed by atoms with E-state index in [2.05, 4.69) is 60.7 Å². The first-order valence-electron chi connectivity index (χ1n) is 9.15. The Morgan fingerprint density at radius 2 is 1.71 bits per heavy atom. The minimum atomic E-state index is 0.378. The lowest BCUT2D eigenvalue weighted by atomic mass is 9.92. The highest BCUT2D eigenvalue weighted by Gasteiger charge is 2.24. The molecule has 1 aromatic heterocycles. The molecule has 132 valence electrons. The SMILES string of the molecule is CCc1nnc(N2CCN(CCC(C)(C)C)CC2)c(C#N)c1CC. The van der Waals surface area contributed by atoms with Crippen LogP contribution in [0.4, 0.5) is 5.82 Å². The lowest BCUT2D eigenvalue weighted by Gasteiger charge is -2.36. The fourth-order valence-corrected chi connectivity index (χ4v) is 3.18. The van der Waals surface area contributed by atoms with Crippen molar-refractivity contribution in [2.75, 3.05) is 37.6 Å². The highest BCUT2D eigenvalue weighted by Crippen LogP contribution is 2.25. The maximum atomic E-state index is 9.65. The van der Waals surface area contributed by atoms with Crippen molar-refractivity contribution in [1.82, 2.24) is 15.1 Å². The van der Waals surface area contributed by atoms with E-state index in [4.69, 9.17) is 0 Å². The van der Waals surface area contributed by atoms with Crippen LogP contribution in [0.25, 0.3) is 0 Å². The van der Waals surface area contributed by atoms with Gasteiger partial charge in [-0.15, -0.1) is 5.10 Å². The first-order chi connectivity index (χ1) is 11.4. The Kier molecular flexibility index (Phi) is 6.17. The molecule has 0 radical (unpaired) electrons. The number of piperazine rings is 1. The number of hydrogen-bond donors (Lipinski definition) is 0. The molecule has 5 heteroatoms. The molecule has 0 unspecified atom stereocenters. The summed E-state index contributed by atoms with van der Waals surface area (Å²) < 4.78 is 0. The quantitative estimate of drug-likeness (QED) is 0.831. The predicted octanol–water partition coefficient (Wildman–Crippen LogP) is 3.03. The summed E-state index contributed by atoms with van der Waals surface area (Å²) in [5.74, 6) is 0.780. The number of anilines is 1. The molecular formula is C19H31N5. The smallest absolute Gasteiger partial charge is 0.169 e. The van der Waals surface area contributed by atoms with E-state index in [9.17, 15) is 5.26 Å². The van der Waals surface area contributed by atoms with Gasteiger partial charge in [0.25, 0.3) is 0 Å². The van der Waals surface area contributed by atoms with Crippen molar-refractivity contribution in [2.24, 2.45) is 5.41 Å². The lowest BCUT2D eigenvalue weighted by Crippen LogP contribution is -2.47. The number of nitriles is 1. The van der Waals surface area contributed by atoms with E-state index < -0.39 is 0 Å².